The van der Waals surface area contributed by atoms with Crippen LogP contribution in [0.25, 0.3) is 11.6 Å². The summed E-state index contributed by atoms with van der Waals surface area (Å²) in [6.07, 6.45) is 3.37. The van der Waals surface area contributed by atoms with Crippen LogP contribution >= 0.6 is 0 Å². The molecule has 0 N–H and O–H groups in total. The standard InChI is InChI=1S/C15H12.Zr/c1-2-6-12(7-3-1)15-10-13-8-4-5-9-14(13)11-15;/h1-10H,11H2;. The maximum atomic E-state index is 2.30. The summed E-state index contributed by atoms with van der Waals surface area (Å²) in [5.74, 6) is 0. The van der Waals surface area contributed by atoms with Crippen molar-refractivity contribution in [3.05, 3.63) is 71.3 Å². The molecular formula is C15H12Zr. The van der Waals surface area contributed by atoms with Gasteiger partial charge in [0.1, 0.15) is 0 Å². The summed E-state index contributed by atoms with van der Waals surface area (Å²) >= 11 is 0. The maximum Gasteiger partial charge on any atom is 0 e. The van der Waals surface area contributed by atoms with Crippen LogP contribution in [0.2, 0.25) is 0 Å². The molecule has 1 heteroatoms. The van der Waals surface area contributed by atoms with Crippen LogP contribution < -0.4 is 0 Å². The largest absolute Gasteiger partial charge is 0.0622 e. The predicted octanol–water partition coefficient (Wildman–Crippen LogP) is 3.78. The van der Waals surface area contributed by atoms with E-state index in [0.717, 1.165) is 6.42 Å². The molecule has 0 heterocycles. The van der Waals surface area contributed by atoms with Gasteiger partial charge in [-0.3, -0.25) is 0 Å². The molecule has 0 amide bonds. The molecule has 1 aliphatic rings. The number of hydrogen-bond donors (Lipinski definition) is 0. The van der Waals surface area contributed by atoms with Crippen LogP contribution in [0.15, 0.2) is 54.6 Å². The molecule has 0 saturated carbocycles. The zero-order chi connectivity index (χ0) is 10.1. The molecule has 0 aliphatic heterocycles. The van der Waals surface area contributed by atoms with E-state index in [0.29, 0.717) is 0 Å². The average Bonchev–Trinajstić information content (AvgIpc) is 2.74. The topological polar surface area (TPSA) is 0 Å². The first-order valence-corrected chi connectivity index (χ1v) is 5.27. The first-order valence-electron chi connectivity index (χ1n) is 5.27. The van der Waals surface area contributed by atoms with E-state index in [9.17, 15) is 0 Å². The number of fused-ring (bicyclic) bond motifs is 1. The Labute approximate surface area is 115 Å². The smallest absolute Gasteiger partial charge is 0 e. The third kappa shape index (κ3) is 2.10. The minimum atomic E-state index is 0. The van der Waals surface area contributed by atoms with Crippen molar-refractivity contribution in [2.75, 3.05) is 0 Å². The van der Waals surface area contributed by atoms with Crippen molar-refractivity contribution in [2.45, 2.75) is 6.42 Å². The predicted molar refractivity (Wildman–Crippen MR) is 64.5 cm³/mol. The third-order valence-electron chi connectivity index (χ3n) is 2.91. The average molecular weight is 283 g/mol. The summed E-state index contributed by atoms with van der Waals surface area (Å²) in [6.45, 7) is 0. The van der Waals surface area contributed by atoms with Crippen LogP contribution in [-0.2, 0) is 32.6 Å². The van der Waals surface area contributed by atoms with E-state index in [2.05, 4.69) is 60.7 Å². The van der Waals surface area contributed by atoms with Crippen molar-refractivity contribution in [3.8, 4) is 0 Å². The molecule has 0 unspecified atom stereocenters. The molecule has 1 aliphatic carbocycles. The maximum absolute atomic E-state index is 2.30. The van der Waals surface area contributed by atoms with Gasteiger partial charge in [-0.2, -0.15) is 0 Å². The van der Waals surface area contributed by atoms with Gasteiger partial charge in [-0.1, -0.05) is 60.7 Å². The molecule has 2 aromatic rings. The minimum absolute atomic E-state index is 0. The van der Waals surface area contributed by atoms with E-state index >= 15 is 0 Å². The molecule has 0 bridgehead atoms. The molecule has 76 valence electrons. The third-order valence-corrected chi connectivity index (χ3v) is 2.91. The first-order chi connectivity index (χ1) is 7.43. The summed E-state index contributed by atoms with van der Waals surface area (Å²) in [4.78, 5) is 0. The Kier molecular flexibility index (Phi) is 3.56. The molecule has 0 fully saturated rings. The van der Waals surface area contributed by atoms with Gasteiger partial charge in [0.05, 0.1) is 0 Å². The monoisotopic (exact) mass is 282 g/mol. The van der Waals surface area contributed by atoms with Crippen LogP contribution in [0.1, 0.15) is 16.7 Å². The van der Waals surface area contributed by atoms with E-state index in [1.54, 1.807) is 0 Å². The molecule has 0 atom stereocenters. The Hall–Kier alpha value is -0.937. The second-order valence-corrected chi connectivity index (χ2v) is 3.91. The fraction of sp³-hybridized carbons (Fsp3) is 0.0667. The molecule has 2 aromatic carbocycles. The fourth-order valence-electron chi connectivity index (χ4n) is 2.12. The van der Waals surface area contributed by atoms with Gasteiger partial charge in [-0.05, 0) is 28.7 Å². The SMILES string of the molecule is C1=C(c2ccccc2)Cc2ccccc21.[Zr]. The van der Waals surface area contributed by atoms with E-state index in [1.165, 1.54) is 22.3 Å². The Morgan fingerprint density at radius 3 is 2.19 bits per heavy atom. The number of rotatable bonds is 1. The zero-order valence-electron chi connectivity index (χ0n) is 8.98. The summed E-state index contributed by atoms with van der Waals surface area (Å²) in [5, 5.41) is 0. The van der Waals surface area contributed by atoms with E-state index in [4.69, 9.17) is 0 Å². The van der Waals surface area contributed by atoms with Gasteiger partial charge in [0.25, 0.3) is 0 Å². The van der Waals surface area contributed by atoms with Crippen molar-refractivity contribution in [2.24, 2.45) is 0 Å². The molecular weight excluding hydrogens is 271 g/mol. The molecule has 0 saturated heterocycles. The Morgan fingerprint density at radius 2 is 1.44 bits per heavy atom. The minimum Gasteiger partial charge on any atom is -0.0622 e. The summed E-state index contributed by atoms with van der Waals surface area (Å²) < 4.78 is 0. The number of allylic oxidation sites excluding steroid dienone is 1. The van der Waals surface area contributed by atoms with Crippen molar-refractivity contribution in [1.82, 2.24) is 0 Å². The molecule has 16 heavy (non-hydrogen) atoms. The fourth-order valence-corrected chi connectivity index (χ4v) is 2.12. The first kappa shape index (κ1) is 11.5. The van der Waals surface area contributed by atoms with Gasteiger partial charge >= 0.3 is 0 Å². The summed E-state index contributed by atoms with van der Waals surface area (Å²) in [7, 11) is 0. The Morgan fingerprint density at radius 1 is 0.750 bits per heavy atom. The van der Waals surface area contributed by atoms with E-state index < -0.39 is 0 Å². The van der Waals surface area contributed by atoms with E-state index in [-0.39, 0.29) is 26.2 Å². The van der Waals surface area contributed by atoms with Crippen molar-refractivity contribution in [3.63, 3.8) is 0 Å². The van der Waals surface area contributed by atoms with Gasteiger partial charge in [0, 0.05) is 26.2 Å². The second kappa shape index (κ2) is 4.93. The molecule has 0 radical (unpaired) electrons. The van der Waals surface area contributed by atoms with Gasteiger partial charge in [-0.25, -0.2) is 0 Å². The van der Waals surface area contributed by atoms with Crippen LogP contribution in [0.4, 0.5) is 0 Å². The van der Waals surface area contributed by atoms with Gasteiger partial charge < -0.3 is 0 Å². The van der Waals surface area contributed by atoms with Crippen LogP contribution in [0, 0.1) is 0 Å². The van der Waals surface area contributed by atoms with Crippen LogP contribution in [-0.4, -0.2) is 0 Å². The molecule has 0 spiro atoms. The second-order valence-electron chi connectivity index (χ2n) is 3.91. The zero-order valence-corrected chi connectivity index (χ0v) is 11.4. The van der Waals surface area contributed by atoms with Crippen molar-refractivity contribution < 1.29 is 26.2 Å². The molecule has 3 rings (SSSR count). The van der Waals surface area contributed by atoms with Gasteiger partial charge in [0.2, 0.25) is 0 Å². The summed E-state index contributed by atoms with van der Waals surface area (Å²) in [6, 6.07) is 19.2. The van der Waals surface area contributed by atoms with Crippen LogP contribution in [0.5, 0.6) is 0 Å². The van der Waals surface area contributed by atoms with Gasteiger partial charge in [-0.15, -0.1) is 0 Å². The number of benzene rings is 2. The Balaban J connectivity index is 0.000000963. The number of hydrogen-bond acceptors (Lipinski definition) is 0. The van der Waals surface area contributed by atoms with E-state index in [1.807, 2.05) is 0 Å². The molecule has 0 aromatic heterocycles. The molecule has 0 nitrogen and oxygen atoms in total. The van der Waals surface area contributed by atoms with Crippen LogP contribution in [0.3, 0.4) is 0 Å². The normalized spacial score (nSPS) is 12.6. The van der Waals surface area contributed by atoms with Crippen molar-refractivity contribution in [1.29, 1.82) is 0 Å². The van der Waals surface area contributed by atoms with Crippen molar-refractivity contribution >= 4 is 11.6 Å². The summed E-state index contributed by atoms with van der Waals surface area (Å²) in [5.41, 5.74) is 5.58. The quantitative estimate of drug-likeness (QED) is 0.747. The Bertz CT molecular complexity index is 512. The van der Waals surface area contributed by atoms with Gasteiger partial charge in [0.15, 0.2) is 0 Å².